The first-order chi connectivity index (χ1) is 8.91. The van der Waals surface area contributed by atoms with Crippen molar-refractivity contribution in [1.82, 2.24) is 9.97 Å². The van der Waals surface area contributed by atoms with E-state index in [1.54, 1.807) is 0 Å². The fourth-order valence-electron chi connectivity index (χ4n) is 1.95. The Morgan fingerprint density at radius 3 is 2.68 bits per heavy atom. The van der Waals surface area contributed by atoms with Crippen LogP contribution in [0.15, 0.2) is 24.3 Å². The van der Waals surface area contributed by atoms with E-state index in [4.69, 9.17) is 10.5 Å². The van der Waals surface area contributed by atoms with Gasteiger partial charge in [-0.2, -0.15) is 0 Å². The van der Waals surface area contributed by atoms with Gasteiger partial charge in [0, 0.05) is 11.3 Å². The predicted molar refractivity (Wildman–Crippen MR) is 77.1 cm³/mol. The molecule has 102 valence electrons. The molecule has 0 bridgehead atoms. The molecule has 0 atom stereocenters. The van der Waals surface area contributed by atoms with E-state index in [9.17, 15) is 0 Å². The van der Waals surface area contributed by atoms with Crippen LogP contribution in [0.4, 0.5) is 0 Å². The lowest BCUT2D eigenvalue weighted by Crippen LogP contribution is -2.30. The van der Waals surface area contributed by atoms with Crippen molar-refractivity contribution in [2.75, 3.05) is 6.61 Å². The molecular weight excluding hydrogens is 238 g/mol. The number of nitrogens with two attached hydrogens (primary N) is 1. The third-order valence-corrected chi connectivity index (χ3v) is 2.91. The van der Waals surface area contributed by atoms with Gasteiger partial charge in [-0.1, -0.05) is 12.1 Å². The summed E-state index contributed by atoms with van der Waals surface area (Å²) in [4.78, 5) is 7.87. The predicted octanol–water partition coefficient (Wildman–Crippen LogP) is 2.98. The molecule has 0 radical (unpaired) electrons. The molecule has 4 nitrogen and oxygen atoms in total. The first-order valence-electron chi connectivity index (χ1n) is 6.51. The number of ether oxygens (including phenoxy) is 1. The first kappa shape index (κ1) is 13.6. The van der Waals surface area contributed by atoms with Gasteiger partial charge in [-0.15, -0.1) is 0 Å². The minimum absolute atomic E-state index is 0.472. The highest BCUT2D eigenvalue weighted by molar-refractivity contribution is 5.63. The Kier molecular flexibility index (Phi) is 3.62. The Bertz CT molecular complexity index is 567. The van der Waals surface area contributed by atoms with E-state index in [1.165, 1.54) is 0 Å². The van der Waals surface area contributed by atoms with E-state index >= 15 is 0 Å². The fraction of sp³-hybridized carbons (Fsp3) is 0.400. The number of nitrogens with zero attached hydrogens (tertiary/aromatic N) is 1. The number of rotatable bonds is 4. The summed E-state index contributed by atoms with van der Waals surface area (Å²) in [6, 6.07) is 7.95. The highest BCUT2D eigenvalue weighted by Gasteiger charge is 2.20. The number of aromatic nitrogens is 2. The molecule has 1 aromatic carbocycles. The largest absolute Gasteiger partial charge is 0.494 e. The summed E-state index contributed by atoms with van der Waals surface area (Å²) in [5, 5.41) is 0. The molecule has 0 aliphatic heterocycles. The van der Waals surface area contributed by atoms with Gasteiger partial charge in [-0.3, -0.25) is 0 Å². The zero-order valence-corrected chi connectivity index (χ0v) is 11.9. The van der Waals surface area contributed by atoms with Crippen LogP contribution >= 0.6 is 0 Å². The summed E-state index contributed by atoms with van der Waals surface area (Å²) < 4.78 is 5.52. The lowest BCUT2D eigenvalue weighted by Gasteiger charge is -2.14. The van der Waals surface area contributed by atoms with Gasteiger partial charge in [0.25, 0.3) is 0 Å². The lowest BCUT2D eigenvalue weighted by molar-refractivity contribution is 0.340. The summed E-state index contributed by atoms with van der Waals surface area (Å²) in [7, 11) is 0. The van der Waals surface area contributed by atoms with Crippen LogP contribution in [-0.2, 0) is 5.54 Å². The summed E-state index contributed by atoms with van der Waals surface area (Å²) in [6.07, 6.45) is 0. The molecule has 4 heteroatoms. The van der Waals surface area contributed by atoms with Crippen molar-refractivity contribution < 1.29 is 4.74 Å². The van der Waals surface area contributed by atoms with Gasteiger partial charge in [0.2, 0.25) is 0 Å². The molecule has 0 fully saturated rings. The lowest BCUT2D eigenvalue weighted by atomic mass is 10.1. The number of benzene rings is 1. The Balaban J connectivity index is 2.41. The average Bonchev–Trinajstić information content (AvgIpc) is 2.72. The van der Waals surface area contributed by atoms with Crippen molar-refractivity contribution >= 4 is 0 Å². The Labute approximate surface area is 114 Å². The molecule has 0 unspecified atom stereocenters. The molecule has 0 amide bonds. The Morgan fingerprint density at radius 2 is 2.11 bits per heavy atom. The molecule has 0 saturated heterocycles. The molecule has 1 aromatic heterocycles. The van der Waals surface area contributed by atoms with Crippen LogP contribution in [0.5, 0.6) is 5.75 Å². The molecule has 0 aliphatic rings. The van der Waals surface area contributed by atoms with E-state index in [0.717, 1.165) is 28.5 Å². The third kappa shape index (κ3) is 2.96. The maximum absolute atomic E-state index is 6.08. The van der Waals surface area contributed by atoms with Crippen molar-refractivity contribution in [1.29, 1.82) is 0 Å². The average molecular weight is 259 g/mol. The first-order valence-corrected chi connectivity index (χ1v) is 6.51. The normalized spacial score (nSPS) is 11.6. The van der Waals surface area contributed by atoms with Crippen molar-refractivity contribution in [2.45, 2.75) is 33.2 Å². The summed E-state index contributed by atoms with van der Waals surface area (Å²) in [5.41, 5.74) is 8.58. The van der Waals surface area contributed by atoms with Gasteiger partial charge in [-0.05, 0) is 39.8 Å². The molecular formula is C15H21N3O. The van der Waals surface area contributed by atoms with Crippen molar-refractivity contribution in [3.63, 3.8) is 0 Å². The maximum Gasteiger partial charge on any atom is 0.126 e. The Hall–Kier alpha value is -1.81. The third-order valence-electron chi connectivity index (χ3n) is 2.91. The van der Waals surface area contributed by atoms with Crippen molar-refractivity contribution in [3.05, 3.63) is 35.8 Å². The van der Waals surface area contributed by atoms with Crippen molar-refractivity contribution in [2.24, 2.45) is 5.73 Å². The fourth-order valence-corrected chi connectivity index (χ4v) is 1.95. The van der Waals surface area contributed by atoms with Gasteiger partial charge in [0.15, 0.2) is 0 Å². The Morgan fingerprint density at radius 1 is 1.37 bits per heavy atom. The standard InChI is InChI=1S/C15H21N3O/c1-5-19-12-8-6-7-11(9-12)13-10(2)17-14(18-13)15(3,4)16/h6-9H,5,16H2,1-4H3,(H,17,18). The topological polar surface area (TPSA) is 63.9 Å². The number of hydrogen-bond donors (Lipinski definition) is 2. The molecule has 2 aromatic rings. The summed E-state index contributed by atoms with van der Waals surface area (Å²) in [6.45, 7) is 8.51. The molecule has 0 saturated carbocycles. The van der Waals surface area contributed by atoms with E-state index in [1.807, 2.05) is 52.0 Å². The maximum atomic E-state index is 6.08. The van der Waals surface area contributed by atoms with E-state index in [0.29, 0.717) is 6.61 Å². The second-order valence-electron chi connectivity index (χ2n) is 5.24. The van der Waals surface area contributed by atoms with Crippen LogP contribution < -0.4 is 10.5 Å². The van der Waals surface area contributed by atoms with Gasteiger partial charge in [0.05, 0.1) is 17.8 Å². The number of aryl methyl sites for hydroxylation is 1. The quantitative estimate of drug-likeness (QED) is 0.887. The van der Waals surface area contributed by atoms with Crippen LogP contribution in [0, 0.1) is 6.92 Å². The second-order valence-corrected chi connectivity index (χ2v) is 5.24. The zero-order chi connectivity index (χ0) is 14.0. The van der Waals surface area contributed by atoms with Crippen LogP contribution in [0.1, 0.15) is 32.3 Å². The number of H-pyrrole nitrogens is 1. The second kappa shape index (κ2) is 5.05. The number of aromatic amines is 1. The molecule has 0 aliphatic carbocycles. The zero-order valence-electron chi connectivity index (χ0n) is 11.9. The van der Waals surface area contributed by atoms with Gasteiger partial charge >= 0.3 is 0 Å². The minimum atomic E-state index is -0.472. The van der Waals surface area contributed by atoms with Gasteiger partial charge < -0.3 is 15.5 Å². The minimum Gasteiger partial charge on any atom is -0.494 e. The van der Waals surface area contributed by atoms with Gasteiger partial charge in [-0.25, -0.2) is 4.98 Å². The van der Waals surface area contributed by atoms with E-state index in [-0.39, 0.29) is 0 Å². The highest BCUT2D eigenvalue weighted by Crippen LogP contribution is 2.27. The molecule has 3 N–H and O–H groups in total. The number of hydrogen-bond acceptors (Lipinski definition) is 3. The smallest absolute Gasteiger partial charge is 0.126 e. The molecule has 1 heterocycles. The highest BCUT2D eigenvalue weighted by atomic mass is 16.5. The molecule has 19 heavy (non-hydrogen) atoms. The van der Waals surface area contributed by atoms with Crippen LogP contribution in [-0.4, -0.2) is 16.6 Å². The van der Waals surface area contributed by atoms with Gasteiger partial charge in [0.1, 0.15) is 11.6 Å². The van der Waals surface area contributed by atoms with Crippen LogP contribution in [0.25, 0.3) is 11.3 Å². The molecule has 0 spiro atoms. The summed E-state index contributed by atoms with van der Waals surface area (Å²) >= 11 is 0. The number of nitrogens with one attached hydrogen (secondary N) is 1. The van der Waals surface area contributed by atoms with Crippen LogP contribution in [0.3, 0.4) is 0 Å². The van der Waals surface area contributed by atoms with E-state index in [2.05, 4.69) is 9.97 Å². The molecule has 2 rings (SSSR count). The SMILES string of the molecule is CCOc1cccc(-c2nc(C(C)(C)N)[nH]c2C)c1. The van der Waals surface area contributed by atoms with Crippen LogP contribution in [0.2, 0.25) is 0 Å². The monoisotopic (exact) mass is 259 g/mol. The van der Waals surface area contributed by atoms with Crippen molar-refractivity contribution in [3.8, 4) is 17.0 Å². The number of imidazole rings is 1. The van der Waals surface area contributed by atoms with E-state index < -0.39 is 5.54 Å². The summed E-state index contributed by atoms with van der Waals surface area (Å²) in [5.74, 6) is 1.65.